The molecule has 3 aromatic heterocycles. The predicted octanol–water partition coefficient (Wildman–Crippen LogP) is 2.30. The molecule has 29 heavy (non-hydrogen) atoms. The number of pyridine rings is 1. The van der Waals surface area contributed by atoms with Crippen LogP contribution < -0.4 is 10.9 Å². The SMILES string of the molecule is Cc1cc(C)c(CNC(=O)c2nc(C3CC3)nc(-c3ccnn3C)c2C)c(=O)[nH]1. The highest BCUT2D eigenvalue weighted by Gasteiger charge is 2.30. The lowest BCUT2D eigenvalue weighted by Crippen LogP contribution is -2.29. The minimum absolute atomic E-state index is 0.142. The van der Waals surface area contributed by atoms with E-state index in [0.29, 0.717) is 28.6 Å². The van der Waals surface area contributed by atoms with Gasteiger partial charge in [0, 0.05) is 42.5 Å². The third kappa shape index (κ3) is 3.70. The fraction of sp³-hybridized carbons (Fsp3) is 0.381. The maximum atomic E-state index is 13.0. The molecule has 150 valence electrons. The van der Waals surface area contributed by atoms with Crippen molar-refractivity contribution in [3.63, 3.8) is 0 Å². The van der Waals surface area contributed by atoms with Gasteiger partial charge >= 0.3 is 0 Å². The fourth-order valence-corrected chi connectivity index (χ4v) is 3.49. The molecule has 1 amide bonds. The minimum Gasteiger partial charge on any atom is -0.346 e. The van der Waals surface area contributed by atoms with E-state index in [1.165, 1.54) is 0 Å². The molecule has 1 fully saturated rings. The second kappa shape index (κ2) is 7.27. The van der Waals surface area contributed by atoms with Gasteiger partial charge in [-0.1, -0.05) is 0 Å². The van der Waals surface area contributed by atoms with E-state index in [9.17, 15) is 9.59 Å². The van der Waals surface area contributed by atoms with Crippen molar-refractivity contribution < 1.29 is 4.79 Å². The normalized spacial score (nSPS) is 13.5. The van der Waals surface area contributed by atoms with Crippen molar-refractivity contribution in [2.45, 2.75) is 46.1 Å². The van der Waals surface area contributed by atoms with Crippen LogP contribution in [0.5, 0.6) is 0 Å². The van der Waals surface area contributed by atoms with Crippen molar-refractivity contribution in [1.29, 1.82) is 0 Å². The van der Waals surface area contributed by atoms with Gasteiger partial charge in [-0.25, -0.2) is 9.97 Å². The minimum atomic E-state index is -0.311. The van der Waals surface area contributed by atoms with E-state index >= 15 is 0 Å². The highest BCUT2D eigenvalue weighted by Crippen LogP contribution is 2.39. The molecule has 3 aromatic rings. The summed E-state index contributed by atoms with van der Waals surface area (Å²) in [5.74, 6) is 0.687. The van der Waals surface area contributed by atoms with E-state index in [1.54, 1.807) is 10.9 Å². The summed E-state index contributed by atoms with van der Waals surface area (Å²) in [4.78, 5) is 37.3. The number of hydrogen-bond donors (Lipinski definition) is 2. The van der Waals surface area contributed by atoms with Crippen molar-refractivity contribution in [2.75, 3.05) is 0 Å². The molecule has 0 unspecified atom stereocenters. The van der Waals surface area contributed by atoms with Gasteiger partial charge in [0.05, 0.1) is 11.4 Å². The topological polar surface area (TPSA) is 106 Å². The Kier molecular flexibility index (Phi) is 4.77. The Bertz CT molecular complexity index is 1160. The van der Waals surface area contributed by atoms with Crippen LogP contribution in [0, 0.1) is 20.8 Å². The lowest BCUT2D eigenvalue weighted by molar-refractivity contribution is 0.0944. The lowest BCUT2D eigenvalue weighted by atomic mass is 10.1. The Morgan fingerprint density at radius 1 is 1.28 bits per heavy atom. The standard InChI is InChI=1S/C21H24N6O2/c1-11-9-12(2)24-20(28)15(11)10-22-21(29)18-13(3)17(16-7-8-23-27(16)4)25-19(26-18)14-5-6-14/h7-9,14H,5-6,10H2,1-4H3,(H,22,29)(H,24,28). The number of nitrogens with one attached hydrogen (secondary N) is 2. The van der Waals surface area contributed by atoms with Crippen LogP contribution in [0.3, 0.4) is 0 Å². The van der Waals surface area contributed by atoms with E-state index < -0.39 is 0 Å². The van der Waals surface area contributed by atoms with Crippen LogP contribution in [0.15, 0.2) is 23.1 Å². The summed E-state index contributed by atoms with van der Waals surface area (Å²) in [5, 5.41) is 7.08. The first-order chi connectivity index (χ1) is 13.8. The number of H-pyrrole nitrogens is 1. The van der Waals surface area contributed by atoms with Gasteiger partial charge in [0.15, 0.2) is 0 Å². The van der Waals surface area contributed by atoms with Crippen molar-refractivity contribution in [2.24, 2.45) is 7.05 Å². The molecule has 1 saturated carbocycles. The molecule has 1 aliphatic rings. The summed E-state index contributed by atoms with van der Waals surface area (Å²) in [6.07, 6.45) is 3.78. The fourth-order valence-electron chi connectivity index (χ4n) is 3.49. The molecule has 0 radical (unpaired) electrons. The molecular formula is C21H24N6O2. The molecule has 4 rings (SSSR count). The third-order valence-corrected chi connectivity index (χ3v) is 5.30. The number of carbonyl (C=O) groups excluding carboxylic acids is 1. The highest BCUT2D eigenvalue weighted by molar-refractivity contribution is 5.95. The van der Waals surface area contributed by atoms with Crippen molar-refractivity contribution in [3.05, 3.63) is 62.6 Å². The summed E-state index contributed by atoms with van der Waals surface area (Å²) in [5.41, 5.74) is 4.61. The summed E-state index contributed by atoms with van der Waals surface area (Å²) in [7, 11) is 1.85. The number of aryl methyl sites for hydroxylation is 3. The van der Waals surface area contributed by atoms with E-state index in [4.69, 9.17) is 4.98 Å². The summed E-state index contributed by atoms with van der Waals surface area (Å²) < 4.78 is 1.74. The maximum Gasteiger partial charge on any atom is 0.270 e. The zero-order valence-corrected chi connectivity index (χ0v) is 17.0. The molecule has 3 heterocycles. The Hall–Kier alpha value is -3.29. The van der Waals surface area contributed by atoms with Crippen LogP contribution in [-0.2, 0) is 13.6 Å². The highest BCUT2D eigenvalue weighted by atomic mass is 16.2. The predicted molar refractivity (Wildman–Crippen MR) is 109 cm³/mol. The Morgan fingerprint density at radius 3 is 2.66 bits per heavy atom. The summed E-state index contributed by atoms with van der Waals surface area (Å²) in [6, 6.07) is 3.77. The van der Waals surface area contributed by atoms with Gasteiger partial charge in [0.2, 0.25) is 0 Å². The molecule has 8 nitrogen and oxygen atoms in total. The van der Waals surface area contributed by atoms with Crippen LogP contribution in [0.2, 0.25) is 0 Å². The number of nitrogens with zero attached hydrogens (tertiary/aromatic N) is 4. The second-order valence-corrected chi connectivity index (χ2v) is 7.64. The number of aromatic nitrogens is 5. The van der Waals surface area contributed by atoms with Crippen LogP contribution in [-0.4, -0.2) is 30.6 Å². The molecule has 1 aliphatic carbocycles. The first-order valence-electron chi connectivity index (χ1n) is 9.69. The van der Waals surface area contributed by atoms with E-state index in [0.717, 1.165) is 35.5 Å². The number of amides is 1. The summed E-state index contributed by atoms with van der Waals surface area (Å²) >= 11 is 0. The molecule has 0 aromatic carbocycles. The average molecular weight is 392 g/mol. The smallest absolute Gasteiger partial charge is 0.270 e. The zero-order valence-electron chi connectivity index (χ0n) is 17.0. The van der Waals surface area contributed by atoms with Gasteiger partial charge in [-0.3, -0.25) is 14.3 Å². The third-order valence-electron chi connectivity index (χ3n) is 5.30. The number of carbonyl (C=O) groups is 1. The number of hydrogen-bond acceptors (Lipinski definition) is 5. The van der Waals surface area contributed by atoms with Gasteiger partial charge in [-0.2, -0.15) is 5.10 Å². The van der Waals surface area contributed by atoms with Crippen LogP contribution >= 0.6 is 0 Å². The molecule has 0 saturated heterocycles. The molecule has 2 N–H and O–H groups in total. The van der Waals surface area contributed by atoms with Gasteiger partial charge in [-0.15, -0.1) is 0 Å². The summed E-state index contributed by atoms with van der Waals surface area (Å²) in [6.45, 7) is 5.69. The maximum absolute atomic E-state index is 13.0. The first kappa shape index (κ1) is 19.0. The largest absolute Gasteiger partial charge is 0.346 e. The van der Waals surface area contributed by atoms with Gasteiger partial charge < -0.3 is 10.3 Å². The van der Waals surface area contributed by atoms with Gasteiger partial charge in [0.25, 0.3) is 11.5 Å². The van der Waals surface area contributed by atoms with Crippen LogP contribution in [0.25, 0.3) is 11.4 Å². The average Bonchev–Trinajstić information content (AvgIpc) is 3.42. The Labute approximate surface area is 168 Å². The Morgan fingerprint density at radius 2 is 2.03 bits per heavy atom. The number of aromatic amines is 1. The zero-order chi connectivity index (χ0) is 20.7. The Balaban J connectivity index is 1.67. The molecule has 0 aliphatic heterocycles. The van der Waals surface area contributed by atoms with Crippen LogP contribution in [0.4, 0.5) is 0 Å². The van der Waals surface area contributed by atoms with Crippen molar-refractivity contribution in [1.82, 2.24) is 30.0 Å². The molecule has 8 heteroatoms. The molecular weight excluding hydrogens is 368 g/mol. The van der Waals surface area contributed by atoms with E-state index in [2.05, 4.69) is 20.4 Å². The quantitative estimate of drug-likeness (QED) is 0.693. The van der Waals surface area contributed by atoms with Gasteiger partial charge in [0.1, 0.15) is 11.5 Å². The van der Waals surface area contributed by atoms with E-state index in [1.807, 2.05) is 40.0 Å². The van der Waals surface area contributed by atoms with Crippen LogP contribution in [0.1, 0.15) is 57.5 Å². The van der Waals surface area contributed by atoms with E-state index in [-0.39, 0.29) is 18.0 Å². The number of rotatable bonds is 5. The monoisotopic (exact) mass is 392 g/mol. The van der Waals surface area contributed by atoms with Crippen molar-refractivity contribution in [3.8, 4) is 11.4 Å². The molecule has 0 atom stereocenters. The van der Waals surface area contributed by atoms with Crippen molar-refractivity contribution >= 4 is 5.91 Å². The molecule has 0 bridgehead atoms. The second-order valence-electron chi connectivity index (χ2n) is 7.64. The van der Waals surface area contributed by atoms with Gasteiger partial charge in [-0.05, 0) is 51.3 Å². The first-order valence-corrected chi connectivity index (χ1v) is 9.69. The molecule has 0 spiro atoms. The lowest BCUT2D eigenvalue weighted by Gasteiger charge is -2.13.